The highest BCUT2D eigenvalue weighted by Gasteiger charge is 2.19. The third-order valence-corrected chi connectivity index (χ3v) is 4.49. The van der Waals surface area contributed by atoms with Crippen molar-refractivity contribution in [3.63, 3.8) is 0 Å². The van der Waals surface area contributed by atoms with Gasteiger partial charge in [-0.25, -0.2) is 4.98 Å². The van der Waals surface area contributed by atoms with Crippen molar-refractivity contribution in [3.05, 3.63) is 38.6 Å². The minimum atomic E-state index is -0.143. The van der Waals surface area contributed by atoms with Gasteiger partial charge in [0.05, 0.1) is 22.5 Å². The van der Waals surface area contributed by atoms with Crippen molar-refractivity contribution < 1.29 is 9.59 Å². The number of aromatic amines is 1. The van der Waals surface area contributed by atoms with Crippen LogP contribution < -0.4 is 5.32 Å². The fraction of sp³-hybridized carbons (Fsp3) is 0.400. The van der Waals surface area contributed by atoms with Crippen LogP contribution in [0.5, 0.6) is 0 Å². The summed E-state index contributed by atoms with van der Waals surface area (Å²) in [6, 6.07) is 0. The smallest absolute Gasteiger partial charge is 0.253 e. The molecule has 0 bridgehead atoms. The van der Waals surface area contributed by atoms with Crippen LogP contribution in [0.2, 0.25) is 0 Å². The first-order valence-electron chi connectivity index (χ1n) is 6.79. The highest BCUT2D eigenvalue weighted by Crippen LogP contribution is 2.18. The average molecular weight is 305 g/mol. The number of aromatic nitrogens is 2. The highest BCUT2D eigenvalue weighted by atomic mass is 32.1. The number of aryl methyl sites for hydroxylation is 2. The topological polar surface area (TPSA) is 74.8 Å². The molecule has 1 amide bonds. The molecule has 0 aliphatic carbocycles. The number of hydrogen-bond donors (Lipinski definition) is 2. The molecule has 0 saturated heterocycles. The van der Waals surface area contributed by atoms with Crippen LogP contribution in [0.15, 0.2) is 5.51 Å². The zero-order chi connectivity index (χ0) is 15.6. The maximum Gasteiger partial charge on any atom is 0.253 e. The van der Waals surface area contributed by atoms with Crippen molar-refractivity contribution >= 4 is 23.0 Å². The van der Waals surface area contributed by atoms with Gasteiger partial charge in [-0.1, -0.05) is 0 Å². The van der Waals surface area contributed by atoms with Crippen molar-refractivity contribution in [3.8, 4) is 0 Å². The van der Waals surface area contributed by atoms with E-state index in [0.717, 1.165) is 17.8 Å². The predicted molar refractivity (Wildman–Crippen MR) is 83.2 cm³/mol. The van der Waals surface area contributed by atoms with Gasteiger partial charge in [-0.3, -0.25) is 9.59 Å². The van der Waals surface area contributed by atoms with E-state index in [9.17, 15) is 9.59 Å². The summed E-state index contributed by atoms with van der Waals surface area (Å²) in [5.41, 5.74) is 5.35. The molecule has 5 nitrogen and oxygen atoms in total. The van der Waals surface area contributed by atoms with Crippen LogP contribution in [0, 0.1) is 20.8 Å². The maximum atomic E-state index is 12.3. The molecule has 2 aromatic rings. The lowest BCUT2D eigenvalue weighted by Crippen LogP contribution is -2.26. The van der Waals surface area contributed by atoms with Gasteiger partial charge in [0.15, 0.2) is 5.78 Å². The first-order valence-corrected chi connectivity index (χ1v) is 7.67. The minimum absolute atomic E-state index is 0.0602. The predicted octanol–water partition coefficient (Wildman–Crippen LogP) is 2.57. The van der Waals surface area contributed by atoms with Crippen LogP contribution in [-0.4, -0.2) is 28.2 Å². The van der Waals surface area contributed by atoms with Crippen molar-refractivity contribution in [2.45, 2.75) is 34.1 Å². The van der Waals surface area contributed by atoms with E-state index in [1.54, 1.807) is 18.3 Å². The Morgan fingerprint density at radius 3 is 2.57 bits per heavy atom. The number of rotatable bonds is 5. The van der Waals surface area contributed by atoms with E-state index in [-0.39, 0.29) is 11.7 Å². The van der Waals surface area contributed by atoms with E-state index in [1.807, 2.05) is 19.4 Å². The maximum absolute atomic E-state index is 12.3. The van der Waals surface area contributed by atoms with E-state index in [4.69, 9.17) is 0 Å². The van der Waals surface area contributed by atoms with Gasteiger partial charge in [-0.05, 0) is 26.3 Å². The first-order chi connectivity index (χ1) is 9.91. The Kier molecular flexibility index (Phi) is 4.57. The molecule has 112 valence electrons. The number of amides is 1. The van der Waals surface area contributed by atoms with E-state index in [1.165, 1.54) is 11.8 Å². The Bertz CT molecular complexity index is 685. The monoisotopic (exact) mass is 305 g/mol. The van der Waals surface area contributed by atoms with Crippen LogP contribution in [0.4, 0.5) is 0 Å². The summed E-state index contributed by atoms with van der Waals surface area (Å²) in [4.78, 5) is 32.1. The number of nitrogens with one attached hydrogen (secondary N) is 2. The van der Waals surface area contributed by atoms with Crippen molar-refractivity contribution in [2.24, 2.45) is 0 Å². The molecular formula is C15H19N3O2S. The molecule has 0 fully saturated rings. The molecule has 0 saturated carbocycles. The van der Waals surface area contributed by atoms with Gasteiger partial charge >= 0.3 is 0 Å². The molecule has 0 unspecified atom stereocenters. The van der Waals surface area contributed by atoms with Gasteiger partial charge in [0, 0.05) is 30.5 Å². The zero-order valence-electron chi connectivity index (χ0n) is 12.7. The quantitative estimate of drug-likeness (QED) is 0.834. The minimum Gasteiger partial charge on any atom is -0.355 e. The van der Waals surface area contributed by atoms with Crippen molar-refractivity contribution in [2.75, 3.05) is 6.54 Å². The summed E-state index contributed by atoms with van der Waals surface area (Å²) in [6.45, 7) is 7.62. The second-order valence-corrected chi connectivity index (χ2v) is 5.99. The van der Waals surface area contributed by atoms with Gasteiger partial charge in [0.25, 0.3) is 5.91 Å². The summed E-state index contributed by atoms with van der Waals surface area (Å²) in [7, 11) is 0. The van der Waals surface area contributed by atoms with E-state index >= 15 is 0 Å². The lowest BCUT2D eigenvalue weighted by Gasteiger charge is -2.05. The van der Waals surface area contributed by atoms with Crippen LogP contribution in [0.1, 0.15) is 49.6 Å². The molecule has 21 heavy (non-hydrogen) atoms. The van der Waals surface area contributed by atoms with E-state index in [2.05, 4.69) is 15.3 Å². The normalized spacial score (nSPS) is 10.7. The van der Waals surface area contributed by atoms with Crippen LogP contribution in [-0.2, 0) is 6.42 Å². The molecule has 0 aliphatic rings. The molecule has 6 heteroatoms. The van der Waals surface area contributed by atoms with Gasteiger partial charge in [0.2, 0.25) is 0 Å². The Labute approximate surface area is 127 Å². The summed E-state index contributed by atoms with van der Waals surface area (Å²) in [6.07, 6.45) is 0.768. The summed E-state index contributed by atoms with van der Waals surface area (Å²) < 4.78 is 0. The first kappa shape index (κ1) is 15.4. The fourth-order valence-electron chi connectivity index (χ4n) is 2.39. The van der Waals surface area contributed by atoms with Crippen molar-refractivity contribution in [1.29, 1.82) is 0 Å². The number of nitrogens with zero attached hydrogens (tertiary/aromatic N) is 1. The van der Waals surface area contributed by atoms with Gasteiger partial charge in [-0.15, -0.1) is 11.3 Å². The second-order valence-electron chi connectivity index (χ2n) is 5.05. The highest BCUT2D eigenvalue weighted by molar-refractivity contribution is 7.09. The summed E-state index contributed by atoms with van der Waals surface area (Å²) in [5.74, 6) is -0.203. The molecule has 2 rings (SSSR count). The molecule has 2 heterocycles. The number of Topliss-reactive ketones (excluding diaryl/α,β-unsaturated/α-hetero) is 1. The van der Waals surface area contributed by atoms with Gasteiger partial charge in [-0.2, -0.15) is 0 Å². The SMILES string of the molecule is CC(=O)c1[nH]c(C)c(C(=O)NCCc2scnc2C)c1C. The number of H-pyrrole nitrogens is 1. The van der Waals surface area contributed by atoms with Crippen LogP contribution in [0.25, 0.3) is 0 Å². The largest absolute Gasteiger partial charge is 0.355 e. The van der Waals surface area contributed by atoms with E-state index < -0.39 is 0 Å². The van der Waals surface area contributed by atoms with Crippen LogP contribution >= 0.6 is 11.3 Å². The Hall–Kier alpha value is -1.95. The Balaban J connectivity index is 2.04. The molecule has 2 aromatic heterocycles. The van der Waals surface area contributed by atoms with Gasteiger partial charge < -0.3 is 10.3 Å². The standard InChI is InChI=1S/C15H19N3O2S/c1-8-13(10(3)18-14(8)11(4)19)15(20)16-6-5-12-9(2)17-7-21-12/h7,18H,5-6H2,1-4H3,(H,16,20). The van der Waals surface area contributed by atoms with E-state index in [0.29, 0.717) is 23.4 Å². The number of hydrogen-bond acceptors (Lipinski definition) is 4. The number of ketones is 1. The molecule has 0 atom stereocenters. The van der Waals surface area contributed by atoms with Gasteiger partial charge in [0.1, 0.15) is 0 Å². The number of carbonyl (C=O) groups excluding carboxylic acids is 2. The second kappa shape index (κ2) is 6.22. The summed E-state index contributed by atoms with van der Waals surface area (Å²) in [5, 5.41) is 2.91. The molecule has 0 aliphatic heterocycles. The molecule has 0 spiro atoms. The number of thiazole rings is 1. The number of carbonyl (C=O) groups is 2. The summed E-state index contributed by atoms with van der Waals surface area (Å²) >= 11 is 1.60. The van der Waals surface area contributed by atoms with Crippen LogP contribution in [0.3, 0.4) is 0 Å². The lowest BCUT2D eigenvalue weighted by atomic mass is 10.1. The Morgan fingerprint density at radius 2 is 2.05 bits per heavy atom. The zero-order valence-corrected chi connectivity index (χ0v) is 13.5. The molecule has 0 aromatic carbocycles. The average Bonchev–Trinajstić information content (AvgIpc) is 2.94. The molecular weight excluding hydrogens is 286 g/mol. The third-order valence-electron chi connectivity index (χ3n) is 3.50. The molecule has 0 radical (unpaired) electrons. The lowest BCUT2D eigenvalue weighted by molar-refractivity contribution is 0.0953. The fourth-order valence-corrected chi connectivity index (χ4v) is 3.17. The Morgan fingerprint density at radius 1 is 1.33 bits per heavy atom. The van der Waals surface area contributed by atoms with Crippen molar-refractivity contribution in [1.82, 2.24) is 15.3 Å². The third kappa shape index (κ3) is 3.21. The molecule has 2 N–H and O–H groups in total.